The number of carbonyl (C=O) groups is 1. The summed E-state index contributed by atoms with van der Waals surface area (Å²) < 4.78 is 0. The van der Waals surface area contributed by atoms with Crippen molar-refractivity contribution >= 4 is 11.7 Å². The van der Waals surface area contributed by atoms with Gasteiger partial charge in [-0.25, -0.2) is 4.79 Å². The molecule has 0 amide bonds. The molecule has 0 atom stereocenters. The molecule has 3 rings (SSSR count). The molecule has 2 aliphatic rings. The monoisotopic (exact) mass is 259 g/mol. The Kier molecular flexibility index (Phi) is 3.21. The fourth-order valence-corrected chi connectivity index (χ4v) is 3.56. The van der Waals surface area contributed by atoms with Crippen molar-refractivity contribution in [1.29, 1.82) is 0 Å². The highest BCUT2D eigenvalue weighted by molar-refractivity contribution is 5.88. The molecular formula is C16H21NO2. The summed E-state index contributed by atoms with van der Waals surface area (Å²) in [6.45, 7) is 2.30. The molecular weight excluding hydrogens is 238 g/mol. The van der Waals surface area contributed by atoms with Crippen molar-refractivity contribution in [3.8, 4) is 0 Å². The van der Waals surface area contributed by atoms with Gasteiger partial charge in [0.2, 0.25) is 0 Å². The highest BCUT2D eigenvalue weighted by Gasteiger charge is 2.42. The van der Waals surface area contributed by atoms with Crippen LogP contribution in [0.2, 0.25) is 0 Å². The molecule has 0 unspecified atom stereocenters. The number of benzene rings is 1. The number of aromatic carboxylic acids is 1. The predicted octanol–water partition coefficient (Wildman–Crippen LogP) is 3.55. The van der Waals surface area contributed by atoms with Gasteiger partial charge in [-0.3, -0.25) is 0 Å². The van der Waals surface area contributed by atoms with Gasteiger partial charge in [0.05, 0.1) is 5.56 Å². The van der Waals surface area contributed by atoms with E-state index in [1.54, 1.807) is 12.1 Å². The van der Waals surface area contributed by atoms with Crippen LogP contribution in [-0.2, 0) is 0 Å². The number of rotatable bonds is 2. The van der Waals surface area contributed by atoms with Crippen LogP contribution >= 0.6 is 0 Å². The molecule has 1 aliphatic carbocycles. The molecule has 1 saturated carbocycles. The standard InChI is InChI=1S/C16H21NO2/c18-15(19)13-5-7-14(8-6-13)17-11-16(12-17)9-3-1-2-4-10-16/h5-8H,1-4,9-12H2,(H,18,19). The van der Waals surface area contributed by atoms with Crippen molar-refractivity contribution < 1.29 is 9.90 Å². The minimum atomic E-state index is -0.851. The van der Waals surface area contributed by atoms with Crippen LogP contribution in [0.4, 0.5) is 5.69 Å². The van der Waals surface area contributed by atoms with Crippen molar-refractivity contribution in [3.63, 3.8) is 0 Å². The second-order valence-corrected chi connectivity index (χ2v) is 6.12. The lowest BCUT2D eigenvalue weighted by molar-refractivity contribution is 0.0697. The van der Waals surface area contributed by atoms with Gasteiger partial charge >= 0.3 is 5.97 Å². The van der Waals surface area contributed by atoms with E-state index >= 15 is 0 Å². The molecule has 19 heavy (non-hydrogen) atoms. The second-order valence-electron chi connectivity index (χ2n) is 6.12. The van der Waals surface area contributed by atoms with E-state index < -0.39 is 5.97 Å². The summed E-state index contributed by atoms with van der Waals surface area (Å²) in [7, 11) is 0. The van der Waals surface area contributed by atoms with Crippen molar-refractivity contribution in [3.05, 3.63) is 29.8 Å². The van der Waals surface area contributed by atoms with Crippen LogP contribution in [0.5, 0.6) is 0 Å². The lowest BCUT2D eigenvalue weighted by atomic mass is 9.73. The molecule has 3 heteroatoms. The SMILES string of the molecule is O=C(O)c1ccc(N2CC3(CCCCCC3)C2)cc1. The molecule has 1 saturated heterocycles. The third-order valence-corrected chi connectivity index (χ3v) is 4.70. The van der Waals surface area contributed by atoms with E-state index in [9.17, 15) is 4.79 Å². The molecule has 1 heterocycles. The van der Waals surface area contributed by atoms with E-state index in [1.807, 2.05) is 12.1 Å². The quantitative estimate of drug-likeness (QED) is 0.883. The Balaban J connectivity index is 1.64. The van der Waals surface area contributed by atoms with Gasteiger partial charge in [0.1, 0.15) is 0 Å². The topological polar surface area (TPSA) is 40.5 Å². The van der Waals surface area contributed by atoms with E-state index in [-0.39, 0.29) is 0 Å². The minimum absolute atomic E-state index is 0.369. The fraction of sp³-hybridized carbons (Fsp3) is 0.562. The third-order valence-electron chi connectivity index (χ3n) is 4.70. The normalized spacial score (nSPS) is 21.8. The van der Waals surface area contributed by atoms with Gasteiger partial charge < -0.3 is 10.0 Å². The number of anilines is 1. The van der Waals surface area contributed by atoms with Gasteiger partial charge in [0.25, 0.3) is 0 Å². The molecule has 3 nitrogen and oxygen atoms in total. The first-order valence-electron chi connectivity index (χ1n) is 7.27. The maximum Gasteiger partial charge on any atom is 0.335 e. The number of nitrogens with zero attached hydrogens (tertiary/aromatic N) is 1. The summed E-state index contributed by atoms with van der Waals surface area (Å²) in [6.07, 6.45) is 8.30. The second kappa shape index (κ2) is 4.87. The van der Waals surface area contributed by atoms with Gasteiger partial charge in [-0.1, -0.05) is 25.7 Å². The summed E-state index contributed by atoms with van der Waals surface area (Å²) in [4.78, 5) is 13.2. The van der Waals surface area contributed by atoms with E-state index in [0.717, 1.165) is 13.1 Å². The van der Waals surface area contributed by atoms with E-state index in [2.05, 4.69) is 4.90 Å². The number of carboxylic acids is 1. The Labute approximate surface area is 114 Å². The molecule has 2 fully saturated rings. The molecule has 1 aliphatic heterocycles. The van der Waals surface area contributed by atoms with Gasteiger partial charge in [-0.05, 0) is 37.1 Å². The molecule has 1 aromatic rings. The van der Waals surface area contributed by atoms with Crippen molar-refractivity contribution in [1.82, 2.24) is 0 Å². The third kappa shape index (κ3) is 2.46. The average molecular weight is 259 g/mol. The summed E-state index contributed by atoms with van der Waals surface area (Å²) in [5, 5.41) is 8.90. The minimum Gasteiger partial charge on any atom is -0.478 e. The van der Waals surface area contributed by atoms with Gasteiger partial charge in [0, 0.05) is 24.2 Å². The van der Waals surface area contributed by atoms with Crippen LogP contribution in [0.25, 0.3) is 0 Å². The summed E-state index contributed by atoms with van der Waals surface area (Å²) >= 11 is 0. The first-order valence-corrected chi connectivity index (χ1v) is 7.27. The lowest BCUT2D eigenvalue weighted by Gasteiger charge is -2.51. The number of carboxylic acid groups (broad SMARTS) is 1. The molecule has 1 N–H and O–H groups in total. The molecule has 1 aromatic carbocycles. The van der Waals surface area contributed by atoms with Crippen LogP contribution in [-0.4, -0.2) is 24.2 Å². The zero-order valence-electron chi connectivity index (χ0n) is 11.3. The predicted molar refractivity (Wildman–Crippen MR) is 75.7 cm³/mol. The highest BCUT2D eigenvalue weighted by Crippen LogP contribution is 2.44. The van der Waals surface area contributed by atoms with Crippen LogP contribution < -0.4 is 4.90 Å². The van der Waals surface area contributed by atoms with Crippen molar-refractivity contribution in [2.45, 2.75) is 38.5 Å². The average Bonchev–Trinajstić information content (AvgIpc) is 2.63. The Morgan fingerprint density at radius 3 is 2.11 bits per heavy atom. The van der Waals surface area contributed by atoms with Gasteiger partial charge in [-0.2, -0.15) is 0 Å². The summed E-state index contributed by atoms with van der Waals surface area (Å²) in [5.41, 5.74) is 2.09. The molecule has 0 bridgehead atoms. The molecule has 0 radical (unpaired) electrons. The van der Waals surface area contributed by atoms with Crippen LogP contribution in [0, 0.1) is 5.41 Å². The van der Waals surface area contributed by atoms with Crippen molar-refractivity contribution in [2.24, 2.45) is 5.41 Å². The van der Waals surface area contributed by atoms with E-state index in [0.29, 0.717) is 11.0 Å². The Hall–Kier alpha value is -1.51. The first kappa shape index (κ1) is 12.5. The molecule has 102 valence electrons. The lowest BCUT2D eigenvalue weighted by Crippen LogP contribution is -2.56. The molecule has 0 aromatic heterocycles. The Morgan fingerprint density at radius 2 is 1.58 bits per heavy atom. The zero-order chi connectivity index (χ0) is 13.3. The van der Waals surface area contributed by atoms with E-state index in [4.69, 9.17) is 5.11 Å². The summed E-state index contributed by atoms with van der Waals surface area (Å²) in [5.74, 6) is -0.851. The highest BCUT2D eigenvalue weighted by atomic mass is 16.4. The largest absolute Gasteiger partial charge is 0.478 e. The number of hydrogen-bond donors (Lipinski definition) is 1. The maximum atomic E-state index is 10.8. The molecule has 1 spiro atoms. The van der Waals surface area contributed by atoms with Gasteiger partial charge in [0.15, 0.2) is 0 Å². The van der Waals surface area contributed by atoms with E-state index in [1.165, 1.54) is 44.2 Å². The van der Waals surface area contributed by atoms with Crippen molar-refractivity contribution in [2.75, 3.05) is 18.0 Å². The van der Waals surface area contributed by atoms with Crippen LogP contribution in [0.3, 0.4) is 0 Å². The van der Waals surface area contributed by atoms with Gasteiger partial charge in [-0.15, -0.1) is 0 Å². The first-order chi connectivity index (χ1) is 9.19. The van der Waals surface area contributed by atoms with Crippen LogP contribution in [0.15, 0.2) is 24.3 Å². The van der Waals surface area contributed by atoms with Crippen LogP contribution in [0.1, 0.15) is 48.9 Å². The number of hydrogen-bond acceptors (Lipinski definition) is 2. The Morgan fingerprint density at radius 1 is 1.00 bits per heavy atom. The maximum absolute atomic E-state index is 10.8. The Bertz CT molecular complexity index is 450. The zero-order valence-corrected chi connectivity index (χ0v) is 11.3. The smallest absolute Gasteiger partial charge is 0.335 e. The summed E-state index contributed by atoms with van der Waals surface area (Å²) in [6, 6.07) is 7.28. The fourth-order valence-electron chi connectivity index (χ4n) is 3.56.